The summed E-state index contributed by atoms with van der Waals surface area (Å²) in [6.07, 6.45) is -1.76. The highest BCUT2D eigenvalue weighted by molar-refractivity contribution is 6.31. The van der Waals surface area contributed by atoms with Crippen LogP contribution in [0.15, 0.2) is 42.5 Å². The molecule has 1 unspecified atom stereocenters. The standard InChI is InChI=1S/C20H18ClF3O2/c1-3-19(20(22,23)24)8-7-14-11-17(21)15(12-18(14)26-19)9-13-5-4-6-16(10-13)25-2/h4-8,10-12H,3,9H2,1-2H3. The van der Waals surface area contributed by atoms with Gasteiger partial charge in [-0.05, 0) is 54.3 Å². The fourth-order valence-electron chi connectivity index (χ4n) is 2.96. The fourth-order valence-corrected chi connectivity index (χ4v) is 3.20. The molecule has 0 radical (unpaired) electrons. The predicted molar refractivity (Wildman–Crippen MR) is 96.0 cm³/mol. The van der Waals surface area contributed by atoms with E-state index in [1.807, 2.05) is 24.3 Å². The third-order valence-corrected chi connectivity index (χ3v) is 4.89. The number of hydrogen-bond donors (Lipinski definition) is 0. The molecule has 0 bridgehead atoms. The van der Waals surface area contributed by atoms with E-state index in [1.165, 1.54) is 13.0 Å². The molecule has 2 aromatic carbocycles. The van der Waals surface area contributed by atoms with Crippen molar-refractivity contribution < 1.29 is 22.6 Å². The van der Waals surface area contributed by atoms with Gasteiger partial charge in [0.1, 0.15) is 11.5 Å². The van der Waals surface area contributed by atoms with E-state index in [4.69, 9.17) is 21.1 Å². The third-order valence-electron chi connectivity index (χ3n) is 4.54. The molecule has 0 saturated carbocycles. The minimum atomic E-state index is -4.50. The van der Waals surface area contributed by atoms with Gasteiger partial charge in [-0.1, -0.05) is 36.7 Å². The number of alkyl halides is 3. The Kier molecular flexibility index (Phi) is 4.93. The van der Waals surface area contributed by atoms with E-state index in [0.717, 1.165) is 11.6 Å². The van der Waals surface area contributed by atoms with Gasteiger partial charge in [0, 0.05) is 10.6 Å². The largest absolute Gasteiger partial charge is 0.497 e. The molecule has 6 heteroatoms. The van der Waals surface area contributed by atoms with E-state index in [-0.39, 0.29) is 12.2 Å². The summed E-state index contributed by atoms with van der Waals surface area (Å²) in [7, 11) is 1.58. The normalized spacial score (nSPS) is 19.0. The Morgan fingerprint density at radius 1 is 1.19 bits per heavy atom. The highest BCUT2D eigenvalue weighted by Crippen LogP contribution is 2.44. The summed E-state index contributed by atoms with van der Waals surface area (Å²) >= 11 is 6.34. The van der Waals surface area contributed by atoms with Crippen molar-refractivity contribution in [3.05, 3.63) is 64.2 Å². The van der Waals surface area contributed by atoms with E-state index < -0.39 is 11.8 Å². The van der Waals surface area contributed by atoms with Gasteiger partial charge >= 0.3 is 6.18 Å². The van der Waals surface area contributed by atoms with Gasteiger partial charge in [-0.25, -0.2) is 0 Å². The molecule has 1 aliphatic heterocycles. The molecule has 26 heavy (non-hydrogen) atoms. The van der Waals surface area contributed by atoms with E-state index in [0.29, 0.717) is 28.3 Å². The van der Waals surface area contributed by atoms with Crippen LogP contribution in [0.1, 0.15) is 30.0 Å². The van der Waals surface area contributed by atoms with Crippen LogP contribution in [0.5, 0.6) is 11.5 Å². The average Bonchev–Trinajstić information content (AvgIpc) is 2.61. The Morgan fingerprint density at radius 3 is 2.62 bits per heavy atom. The number of methoxy groups -OCH3 is 1. The van der Waals surface area contributed by atoms with Gasteiger partial charge in [0.05, 0.1) is 7.11 Å². The van der Waals surface area contributed by atoms with Gasteiger partial charge in [0.25, 0.3) is 0 Å². The lowest BCUT2D eigenvalue weighted by atomic mass is 9.93. The SMILES string of the molecule is CCC1(C(F)(F)F)C=Cc2cc(Cl)c(Cc3cccc(OC)c3)cc2O1. The van der Waals surface area contributed by atoms with Crippen LogP contribution >= 0.6 is 11.6 Å². The molecule has 0 saturated heterocycles. The van der Waals surface area contributed by atoms with Crippen LogP contribution in [0.2, 0.25) is 5.02 Å². The molecule has 2 nitrogen and oxygen atoms in total. The summed E-state index contributed by atoms with van der Waals surface area (Å²) < 4.78 is 51.1. The van der Waals surface area contributed by atoms with Gasteiger partial charge in [0.2, 0.25) is 5.60 Å². The molecule has 0 aliphatic carbocycles. The van der Waals surface area contributed by atoms with Gasteiger partial charge < -0.3 is 9.47 Å². The van der Waals surface area contributed by atoms with Crippen molar-refractivity contribution in [1.29, 1.82) is 0 Å². The van der Waals surface area contributed by atoms with E-state index in [2.05, 4.69) is 0 Å². The first-order valence-electron chi connectivity index (χ1n) is 8.18. The first kappa shape index (κ1) is 18.6. The summed E-state index contributed by atoms with van der Waals surface area (Å²) in [5.74, 6) is 0.895. The molecule has 0 amide bonds. The number of benzene rings is 2. The first-order chi connectivity index (χ1) is 12.3. The number of fused-ring (bicyclic) bond motifs is 1. The predicted octanol–water partition coefficient (Wildman–Crippen LogP) is 6.06. The van der Waals surface area contributed by atoms with Gasteiger partial charge in [0.15, 0.2) is 0 Å². The number of hydrogen-bond acceptors (Lipinski definition) is 2. The van der Waals surface area contributed by atoms with E-state index in [9.17, 15) is 13.2 Å². The number of halogens is 4. The van der Waals surface area contributed by atoms with Crippen LogP contribution in [0.25, 0.3) is 6.08 Å². The quantitative estimate of drug-likeness (QED) is 0.640. The summed E-state index contributed by atoms with van der Waals surface area (Å²) in [5.41, 5.74) is -0.130. The lowest BCUT2D eigenvalue weighted by molar-refractivity contribution is -0.230. The lowest BCUT2D eigenvalue weighted by Crippen LogP contribution is -2.49. The lowest BCUT2D eigenvalue weighted by Gasteiger charge is -2.36. The molecule has 0 fully saturated rings. The number of ether oxygens (including phenoxy) is 2. The molecule has 2 aromatic rings. The Labute approximate surface area is 155 Å². The van der Waals surface area contributed by atoms with Crippen LogP contribution < -0.4 is 9.47 Å². The highest BCUT2D eigenvalue weighted by Gasteiger charge is 2.55. The second kappa shape index (κ2) is 6.88. The van der Waals surface area contributed by atoms with Crippen molar-refractivity contribution in [2.75, 3.05) is 7.11 Å². The van der Waals surface area contributed by atoms with Crippen molar-refractivity contribution in [3.63, 3.8) is 0 Å². The van der Waals surface area contributed by atoms with Crippen molar-refractivity contribution in [3.8, 4) is 11.5 Å². The minimum absolute atomic E-state index is 0.189. The molecular formula is C20H18ClF3O2. The zero-order chi connectivity index (χ0) is 18.9. The van der Waals surface area contributed by atoms with Crippen LogP contribution in [0, 0.1) is 0 Å². The smallest absolute Gasteiger partial charge is 0.432 e. The average molecular weight is 383 g/mol. The van der Waals surface area contributed by atoms with Crippen LogP contribution in [-0.2, 0) is 6.42 Å². The Hall–Kier alpha value is -2.14. The molecule has 3 rings (SSSR count). The topological polar surface area (TPSA) is 18.5 Å². The molecule has 0 N–H and O–H groups in total. The second-order valence-electron chi connectivity index (χ2n) is 6.19. The summed E-state index contributed by atoms with van der Waals surface area (Å²) in [5, 5.41) is 0.482. The third kappa shape index (κ3) is 3.40. The molecule has 0 spiro atoms. The van der Waals surface area contributed by atoms with Gasteiger partial charge in [-0.2, -0.15) is 13.2 Å². The Morgan fingerprint density at radius 2 is 1.96 bits per heavy atom. The van der Waals surface area contributed by atoms with Crippen molar-refractivity contribution in [2.24, 2.45) is 0 Å². The first-order valence-corrected chi connectivity index (χ1v) is 8.56. The van der Waals surface area contributed by atoms with Crippen LogP contribution in [-0.4, -0.2) is 18.9 Å². The zero-order valence-electron chi connectivity index (χ0n) is 14.4. The maximum Gasteiger partial charge on any atom is 0.432 e. The minimum Gasteiger partial charge on any atom is -0.497 e. The maximum absolute atomic E-state index is 13.5. The molecule has 0 aromatic heterocycles. The van der Waals surface area contributed by atoms with Crippen molar-refractivity contribution >= 4 is 17.7 Å². The van der Waals surface area contributed by atoms with Crippen molar-refractivity contribution in [1.82, 2.24) is 0 Å². The molecule has 1 heterocycles. The second-order valence-corrected chi connectivity index (χ2v) is 6.59. The van der Waals surface area contributed by atoms with Crippen LogP contribution in [0.4, 0.5) is 13.2 Å². The highest BCUT2D eigenvalue weighted by atomic mass is 35.5. The zero-order valence-corrected chi connectivity index (χ0v) is 15.1. The monoisotopic (exact) mass is 382 g/mol. The maximum atomic E-state index is 13.5. The molecule has 1 aliphatic rings. The van der Waals surface area contributed by atoms with E-state index in [1.54, 1.807) is 19.2 Å². The fraction of sp³-hybridized carbons (Fsp3) is 0.300. The summed E-state index contributed by atoms with van der Waals surface area (Å²) in [6.45, 7) is 1.45. The Bertz CT molecular complexity index is 845. The summed E-state index contributed by atoms with van der Waals surface area (Å²) in [4.78, 5) is 0. The van der Waals surface area contributed by atoms with Crippen molar-refractivity contribution in [2.45, 2.75) is 31.5 Å². The van der Waals surface area contributed by atoms with E-state index >= 15 is 0 Å². The van der Waals surface area contributed by atoms with Gasteiger partial charge in [-0.3, -0.25) is 0 Å². The summed E-state index contributed by atoms with van der Waals surface area (Å²) in [6, 6.07) is 10.7. The number of rotatable bonds is 4. The Balaban J connectivity index is 1.96. The van der Waals surface area contributed by atoms with Gasteiger partial charge in [-0.15, -0.1) is 0 Å². The molecular weight excluding hydrogens is 365 g/mol. The van der Waals surface area contributed by atoms with Crippen LogP contribution in [0.3, 0.4) is 0 Å². The molecule has 138 valence electrons. The molecule has 1 atom stereocenters.